The van der Waals surface area contributed by atoms with Crippen LogP contribution in [0.4, 0.5) is 13.2 Å². The van der Waals surface area contributed by atoms with Crippen molar-refractivity contribution in [2.45, 2.75) is 19.6 Å². The second-order valence-electron chi connectivity index (χ2n) is 5.55. The molecule has 5 nitrogen and oxygen atoms in total. The molecule has 0 unspecified atom stereocenters. The van der Waals surface area contributed by atoms with E-state index in [-0.39, 0.29) is 41.8 Å². The second kappa shape index (κ2) is 12.3. The number of hydrogen-bond donors (Lipinski definition) is 2. The Labute approximate surface area is 179 Å². The first-order valence-electron chi connectivity index (χ1n) is 8.33. The lowest BCUT2D eigenvalue weighted by atomic mass is 10.1. The van der Waals surface area contributed by atoms with E-state index in [0.717, 1.165) is 17.7 Å². The maximum absolute atomic E-state index is 14.0. The third-order valence-corrected chi connectivity index (χ3v) is 3.81. The lowest BCUT2D eigenvalue weighted by Crippen LogP contribution is -2.38. The minimum Gasteiger partial charge on any atom is -0.497 e. The van der Waals surface area contributed by atoms with Crippen molar-refractivity contribution >= 4 is 29.9 Å². The van der Waals surface area contributed by atoms with Crippen LogP contribution in [0.3, 0.4) is 0 Å². The van der Waals surface area contributed by atoms with Crippen LogP contribution in [0.1, 0.15) is 11.1 Å². The Morgan fingerprint density at radius 3 is 2.43 bits per heavy atom. The van der Waals surface area contributed by atoms with Crippen molar-refractivity contribution in [1.29, 1.82) is 0 Å². The third-order valence-electron chi connectivity index (χ3n) is 3.81. The topological polar surface area (TPSA) is 54.9 Å². The van der Waals surface area contributed by atoms with Crippen molar-refractivity contribution in [3.05, 3.63) is 59.4 Å². The van der Waals surface area contributed by atoms with E-state index in [1.165, 1.54) is 18.2 Å². The zero-order valence-electron chi connectivity index (χ0n) is 15.5. The van der Waals surface area contributed by atoms with E-state index in [1.807, 2.05) is 24.3 Å². The van der Waals surface area contributed by atoms with Gasteiger partial charge in [0.1, 0.15) is 17.3 Å². The highest BCUT2D eigenvalue weighted by molar-refractivity contribution is 14.0. The number of nitrogens with zero attached hydrogens (tertiary/aromatic N) is 1. The standard InChI is InChI=1S/C19H22F3N3O2.HI/c1-23-19(24-11-10-13-6-8-14(26-2)9-7-13)25-12-15-16(20)4-3-5-17(15)27-18(21)22;/h3-9,18H,10-12H2,1-2H3,(H2,23,24,25);1H. The summed E-state index contributed by atoms with van der Waals surface area (Å²) in [5.41, 5.74) is 1.12. The lowest BCUT2D eigenvalue weighted by Gasteiger charge is -2.15. The fraction of sp³-hybridized carbons (Fsp3) is 0.316. The van der Waals surface area contributed by atoms with Crippen LogP contribution >= 0.6 is 24.0 Å². The molecule has 2 N–H and O–H groups in total. The van der Waals surface area contributed by atoms with Gasteiger partial charge in [-0.25, -0.2) is 4.39 Å². The highest BCUT2D eigenvalue weighted by atomic mass is 127. The molecule has 0 radical (unpaired) electrons. The normalized spacial score (nSPS) is 11.0. The summed E-state index contributed by atoms with van der Waals surface area (Å²) in [5, 5.41) is 5.99. The van der Waals surface area contributed by atoms with Gasteiger partial charge in [0.25, 0.3) is 0 Å². The minimum absolute atomic E-state index is 0. The van der Waals surface area contributed by atoms with Gasteiger partial charge < -0.3 is 20.1 Å². The predicted octanol–water partition coefficient (Wildman–Crippen LogP) is 3.96. The molecule has 0 amide bonds. The summed E-state index contributed by atoms with van der Waals surface area (Å²) in [4.78, 5) is 4.04. The largest absolute Gasteiger partial charge is 0.497 e. The molecule has 0 heterocycles. The third kappa shape index (κ3) is 7.45. The van der Waals surface area contributed by atoms with Gasteiger partial charge in [0, 0.05) is 25.7 Å². The highest BCUT2D eigenvalue weighted by Crippen LogP contribution is 2.23. The molecule has 0 spiro atoms. The van der Waals surface area contributed by atoms with Gasteiger partial charge in [-0.05, 0) is 36.2 Å². The highest BCUT2D eigenvalue weighted by Gasteiger charge is 2.14. The lowest BCUT2D eigenvalue weighted by molar-refractivity contribution is -0.0506. The fourth-order valence-corrected chi connectivity index (χ4v) is 2.43. The molecule has 0 aliphatic carbocycles. The van der Waals surface area contributed by atoms with Crippen molar-refractivity contribution < 1.29 is 22.6 Å². The number of aliphatic imine (C=N–C) groups is 1. The first kappa shape index (κ1) is 23.9. The first-order valence-corrected chi connectivity index (χ1v) is 8.33. The number of halogens is 4. The molecule has 0 bridgehead atoms. The summed E-state index contributed by atoms with van der Waals surface area (Å²) in [6, 6.07) is 11.5. The van der Waals surface area contributed by atoms with Gasteiger partial charge in [-0.15, -0.1) is 24.0 Å². The first-order chi connectivity index (χ1) is 13.0. The number of alkyl halides is 2. The molecule has 0 aliphatic rings. The van der Waals surface area contributed by atoms with Crippen molar-refractivity contribution in [3.63, 3.8) is 0 Å². The molecule has 0 fully saturated rings. The van der Waals surface area contributed by atoms with Crippen molar-refractivity contribution in [2.24, 2.45) is 4.99 Å². The van der Waals surface area contributed by atoms with E-state index < -0.39 is 12.4 Å². The number of rotatable bonds is 8. The molecule has 0 atom stereocenters. The number of guanidine groups is 1. The van der Waals surface area contributed by atoms with Crippen LogP contribution in [0.5, 0.6) is 11.5 Å². The van der Waals surface area contributed by atoms with Gasteiger partial charge in [-0.2, -0.15) is 8.78 Å². The number of hydrogen-bond acceptors (Lipinski definition) is 3. The van der Waals surface area contributed by atoms with Crippen LogP contribution in [-0.4, -0.2) is 33.3 Å². The Hall–Kier alpha value is -2.17. The molecule has 154 valence electrons. The Kier molecular flexibility index (Phi) is 10.5. The molecule has 28 heavy (non-hydrogen) atoms. The second-order valence-corrected chi connectivity index (χ2v) is 5.55. The van der Waals surface area contributed by atoms with Crippen molar-refractivity contribution in [1.82, 2.24) is 10.6 Å². The van der Waals surface area contributed by atoms with Crippen LogP contribution in [0.2, 0.25) is 0 Å². The van der Waals surface area contributed by atoms with Crippen molar-refractivity contribution in [2.75, 3.05) is 20.7 Å². The van der Waals surface area contributed by atoms with Crippen LogP contribution in [0.15, 0.2) is 47.5 Å². The Balaban J connectivity index is 0.00000392. The minimum atomic E-state index is -3.02. The summed E-state index contributed by atoms with van der Waals surface area (Å²) < 4.78 is 48.4. The van der Waals surface area contributed by atoms with E-state index in [1.54, 1.807) is 14.2 Å². The van der Waals surface area contributed by atoms with E-state index in [2.05, 4.69) is 20.4 Å². The molecule has 2 aromatic rings. The Bertz CT molecular complexity index is 759. The number of ether oxygens (including phenoxy) is 2. The SMILES string of the molecule is CN=C(NCCc1ccc(OC)cc1)NCc1c(F)cccc1OC(F)F.I. The monoisotopic (exact) mass is 509 g/mol. The summed E-state index contributed by atoms with van der Waals surface area (Å²) in [6.45, 7) is -2.48. The van der Waals surface area contributed by atoms with Gasteiger partial charge in [0.2, 0.25) is 0 Å². The number of methoxy groups -OCH3 is 1. The molecule has 0 aromatic heterocycles. The summed E-state index contributed by atoms with van der Waals surface area (Å²) in [5.74, 6) is 0.381. The van der Waals surface area contributed by atoms with Gasteiger partial charge in [0.15, 0.2) is 5.96 Å². The Morgan fingerprint density at radius 1 is 1.11 bits per heavy atom. The van der Waals surface area contributed by atoms with Crippen LogP contribution in [0, 0.1) is 5.82 Å². The summed E-state index contributed by atoms with van der Waals surface area (Å²) in [6.07, 6.45) is 0.740. The average molecular weight is 509 g/mol. The van der Waals surface area contributed by atoms with Gasteiger partial charge >= 0.3 is 6.61 Å². The maximum Gasteiger partial charge on any atom is 0.387 e. The van der Waals surface area contributed by atoms with Crippen molar-refractivity contribution in [3.8, 4) is 11.5 Å². The smallest absolute Gasteiger partial charge is 0.387 e. The van der Waals surface area contributed by atoms with Gasteiger partial charge in [-0.1, -0.05) is 18.2 Å². The Morgan fingerprint density at radius 2 is 1.82 bits per heavy atom. The number of nitrogens with one attached hydrogen (secondary N) is 2. The van der Waals surface area contributed by atoms with Gasteiger partial charge in [0.05, 0.1) is 7.11 Å². The number of benzene rings is 2. The molecule has 2 rings (SSSR count). The molecule has 9 heteroatoms. The average Bonchev–Trinajstić information content (AvgIpc) is 2.66. The predicted molar refractivity (Wildman–Crippen MR) is 113 cm³/mol. The molecule has 0 saturated carbocycles. The molecule has 2 aromatic carbocycles. The molecular formula is C19H23F3IN3O2. The van der Waals surface area contributed by atoms with Crippen LogP contribution in [-0.2, 0) is 13.0 Å². The summed E-state index contributed by atoms with van der Waals surface area (Å²) in [7, 11) is 3.18. The van der Waals surface area contributed by atoms with Crippen LogP contribution < -0.4 is 20.1 Å². The maximum atomic E-state index is 14.0. The fourth-order valence-electron chi connectivity index (χ4n) is 2.43. The molecular weight excluding hydrogens is 486 g/mol. The zero-order chi connectivity index (χ0) is 19.6. The van der Waals surface area contributed by atoms with Crippen LogP contribution in [0.25, 0.3) is 0 Å². The quantitative estimate of drug-likeness (QED) is 0.322. The van der Waals surface area contributed by atoms with Gasteiger partial charge in [-0.3, -0.25) is 4.99 Å². The van der Waals surface area contributed by atoms with E-state index in [9.17, 15) is 13.2 Å². The van der Waals surface area contributed by atoms with E-state index >= 15 is 0 Å². The summed E-state index contributed by atoms with van der Waals surface area (Å²) >= 11 is 0. The molecule has 0 saturated heterocycles. The van der Waals surface area contributed by atoms with E-state index in [0.29, 0.717) is 12.5 Å². The van der Waals surface area contributed by atoms with E-state index in [4.69, 9.17) is 4.74 Å². The zero-order valence-corrected chi connectivity index (χ0v) is 17.9. The molecule has 0 aliphatic heterocycles.